The Labute approximate surface area is 141 Å². The van der Waals surface area contributed by atoms with Gasteiger partial charge in [0.2, 0.25) is 5.91 Å². The van der Waals surface area contributed by atoms with Gasteiger partial charge in [-0.1, -0.05) is 26.8 Å². The molecule has 0 radical (unpaired) electrons. The van der Waals surface area contributed by atoms with Crippen LogP contribution >= 0.6 is 23.1 Å². The van der Waals surface area contributed by atoms with Crippen LogP contribution in [0.2, 0.25) is 0 Å². The standard InChI is InChI=1S/C15H23NO3S3/c1-15(2,3)14(12-5-4-7-20-12)16-13(17)9-21-11-6-8-22(18,19)10-11/h4-5,7,11,14H,6,8-10H2,1-3H3,(H,16,17)/t11-,14-/m1/s1. The molecule has 0 aliphatic carbocycles. The first-order valence-electron chi connectivity index (χ1n) is 7.32. The fourth-order valence-electron chi connectivity index (χ4n) is 2.46. The SMILES string of the molecule is CC(C)(C)[C@H](NC(=O)CS[C@@H]1CCS(=O)(=O)C1)c1cccs1. The average Bonchev–Trinajstić information content (AvgIpc) is 3.01. The Morgan fingerprint density at radius 2 is 2.23 bits per heavy atom. The van der Waals surface area contributed by atoms with E-state index in [-0.39, 0.29) is 34.1 Å². The number of thiophene rings is 1. The number of amides is 1. The fraction of sp³-hybridized carbons (Fsp3) is 0.667. The molecule has 1 aromatic rings. The smallest absolute Gasteiger partial charge is 0.230 e. The molecule has 0 unspecified atom stereocenters. The number of rotatable bonds is 5. The van der Waals surface area contributed by atoms with Crippen LogP contribution in [-0.4, -0.2) is 36.8 Å². The average molecular weight is 362 g/mol. The predicted molar refractivity (Wildman–Crippen MR) is 94.2 cm³/mol. The molecule has 2 heterocycles. The van der Waals surface area contributed by atoms with Crippen molar-refractivity contribution >= 4 is 38.8 Å². The number of sulfone groups is 1. The second-order valence-electron chi connectivity index (χ2n) is 6.72. The van der Waals surface area contributed by atoms with Crippen molar-refractivity contribution in [3.63, 3.8) is 0 Å². The molecule has 22 heavy (non-hydrogen) atoms. The molecule has 1 aromatic heterocycles. The predicted octanol–water partition coefficient (Wildman–Crippen LogP) is 2.87. The molecule has 1 aliphatic rings. The molecule has 1 aliphatic heterocycles. The quantitative estimate of drug-likeness (QED) is 0.876. The topological polar surface area (TPSA) is 63.2 Å². The zero-order valence-electron chi connectivity index (χ0n) is 13.2. The minimum absolute atomic E-state index is 0.0205. The van der Waals surface area contributed by atoms with Crippen molar-refractivity contribution in [1.29, 1.82) is 0 Å². The van der Waals surface area contributed by atoms with Crippen molar-refractivity contribution in [2.75, 3.05) is 17.3 Å². The molecule has 2 atom stereocenters. The van der Waals surface area contributed by atoms with E-state index in [4.69, 9.17) is 0 Å². The number of nitrogens with one attached hydrogen (secondary N) is 1. The van der Waals surface area contributed by atoms with Gasteiger partial charge in [0.15, 0.2) is 9.84 Å². The zero-order chi connectivity index (χ0) is 16.4. The highest BCUT2D eigenvalue weighted by molar-refractivity contribution is 8.02. The van der Waals surface area contributed by atoms with Crippen molar-refractivity contribution in [1.82, 2.24) is 5.32 Å². The number of carbonyl (C=O) groups is 1. The molecule has 2 rings (SSSR count). The fourth-order valence-corrected chi connectivity index (χ4v) is 6.93. The third-order valence-electron chi connectivity index (χ3n) is 3.64. The van der Waals surface area contributed by atoms with E-state index in [1.165, 1.54) is 11.8 Å². The van der Waals surface area contributed by atoms with Gasteiger partial charge in [-0.05, 0) is 23.3 Å². The first-order valence-corrected chi connectivity index (χ1v) is 11.1. The van der Waals surface area contributed by atoms with Crippen LogP contribution in [-0.2, 0) is 14.6 Å². The summed E-state index contributed by atoms with van der Waals surface area (Å²) in [6, 6.07) is 4.01. The molecule has 0 aromatic carbocycles. The number of thioether (sulfide) groups is 1. The van der Waals surface area contributed by atoms with Crippen LogP contribution in [0, 0.1) is 5.41 Å². The second kappa shape index (κ2) is 6.93. The van der Waals surface area contributed by atoms with E-state index in [9.17, 15) is 13.2 Å². The van der Waals surface area contributed by atoms with Crippen LogP contribution in [0.25, 0.3) is 0 Å². The van der Waals surface area contributed by atoms with Crippen LogP contribution in [0.15, 0.2) is 17.5 Å². The molecule has 1 N–H and O–H groups in total. The van der Waals surface area contributed by atoms with E-state index in [0.29, 0.717) is 12.2 Å². The van der Waals surface area contributed by atoms with Gasteiger partial charge in [-0.2, -0.15) is 0 Å². The van der Waals surface area contributed by atoms with Crippen molar-refractivity contribution in [3.05, 3.63) is 22.4 Å². The summed E-state index contributed by atoms with van der Waals surface area (Å²) in [4.78, 5) is 13.4. The Bertz CT molecular complexity index is 602. The maximum absolute atomic E-state index is 12.2. The molecule has 1 fully saturated rings. The molecule has 7 heteroatoms. The first kappa shape index (κ1) is 17.8. The Balaban J connectivity index is 1.89. The van der Waals surface area contributed by atoms with Gasteiger partial charge in [-0.15, -0.1) is 23.1 Å². The Hall–Kier alpha value is -0.530. The van der Waals surface area contributed by atoms with Gasteiger partial charge in [0.05, 0.1) is 23.3 Å². The minimum atomic E-state index is -2.88. The minimum Gasteiger partial charge on any atom is -0.347 e. The molecular formula is C15H23NO3S3. The molecule has 0 saturated carbocycles. The van der Waals surface area contributed by atoms with E-state index in [0.717, 1.165) is 4.88 Å². The van der Waals surface area contributed by atoms with Gasteiger partial charge in [-0.3, -0.25) is 4.79 Å². The largest absolute Gasteiger partial charge is 0.347 e. The summed E-state index contributed by atoms with van der Waals surface area (Å²) in [6.45, 7) is 6.32. The molecular weight excluding hydrogens is 338 g/mol. The summed E-state index contributed by atoms with van der Waals surface area (Å²) >= 11 is 3.10. The van der Waals surface area contributed by atoms with Crippen LogP contribution in [0.5, 0.6) is 0 Å². The lowest BCUT2D eigenvalue weighted by molar-refractivity contribution is -0.120. The van der Waals surface area contributed by atoms with Crippen LogP contribution in [0.1, 0.15) is 38.1 Å². The van der Waals surface area contributed by atoms with Gasteiger partial charge < -0.3 is 5.32 Å². The lowest BCUT2D eigenvalue weighted by Gasteiger charge is -2.30. The van der Waals surface area contributed by atoms with Crippen molar-refractivity contribution in [3.8, 4) is 0 Å². The van der Waals surface area contributed by atoms with Gasteiger partial charge >= 0.3 is 0 Å². The van der Waals surface area contributed by atoms with E-state index < -0.39 is 9.84 Å². The Morgan fingerprint density at radius 3 is 2.73 bits per heavy atom. The van der Waals surface area contributed by atoms with E-state index in [1.54, 1.807) is 11.3 Å². The number of hydrogen-bond donors (Lipinski definition) is 1. The third kappa shape index (κ3) is 4.99. The van der Waals surface area contributed by atoms with E-state index in [1.807, 2.05) is 17.5 Å². The molecule has 0 bridgehead atoms. The Kier molecular flexibility index (Phi) is 5.61. The Morgan fingerprint density at radius 1 is 1.50 bits per heavy atom. The van der Waals surface area contributed by atoms with Crippen LogP contribution in [0.4, 0.5) is 0 Å². The lowest BCUT2D eigenvalue weighted by Crippen LogP contribution is -2.37. The normalized spacial score (nSPS) is 22.4. The highest BCUT2D eigenvalue weighted by Gasteiger charge is 2.31. The highest BCUT2D eigenvalue weighted by atomic mass is 32.2. The summed E-state index contributed by atoms with van der Waals surface area (Å²) in [5.41, 5.74) is -0.0676. The van der Waals surface area contributed by atoms with Gasteiger partial charge in [0, 0.05) is 10.1 Å². The molecule has 1 saturated heterocycles. The van der Waals surface area contributed by atoms with E-state index >= 15 is 0 Å². The van der Waals surface area contributed by atoms with Crippen molar-refractivity contribution in [2.24, 2.45) is 5.41 Å². The lowest BCUT2D eigenvalue weighted by atomic mass is 9.86. The van der Waals surface area contributed by atoms with Gasteiger partial charge in [0.1, 0.15) is 0 Å². The summed E-state index contributed by atoms with van der Waals surface area (Å²) < 4.78 is 22.9. The maximum Gasteiger partial charge on any atom is 0.230 e. The second-order valence-corrected chi connectivity index (χ2v) is 11.2. The maximum atomic E-state index is 12.2. The van der Waals surface area contributed by atoms with Crippen LogP contribution in [0.3, 0.4) is 0 Å². The summed E-state index contributed by atoms with van der Waals surface area (Å²) in [5, 5.41) is 5.18. The highest BCUT2D eigenvalue weighted by Crippen LogP contribution is 2.35. The van der Waals surface area contributed by atoms with E-state index in [2.05, 4.69) is 26.1 Å². The molecule has 0 spiro atoms. The molecule has 4 nitrogen and oxygen atoms in total. The zero-order valence-corrected chi connectivity index (χ0v) is 15.6. The summed E-state index contributed by atoms with van der Waals surface area (Å²) in [7, 11) is -2.88. The summed E-state index contributed by atoms with van der Waals surface area (Å²) in [6.07, 6.45) is 0.661. The van der Waals surface area contributed by atoms with Gasteiger partial charge in [-0.25, -0.2) is 8.42 Å². The number of hydrogen-bond acceptors (Lipinski definition) is 5. The first-order chi connectivity index (χ1) is 10.2. The molecule has 1 amide bonds. The number of carbonyl (C=O) groups excluding carboxylic acids is 1. The van der Waals surface area contributed by atoms with Gasteiger partial charge in [0.25, 0.3) is 0 Å². The summed E-state index contributed by atoms with van der Waals surface area (Å²) in [5.74, 6) is 0.755. The monoisotopic (exact) mass is 361 g/mol. The van der Waals surface area contributed by atoms with Crippen molar-refractivity contribution in [2.45, 2.75) is 38.5 Å². The van der Waals surface area contributed by atoms with Crippen LogP contribution < -0.4 is 5.32 Å². The molecule has 124 valence electrons. The third-order valence-corrected chi connectivity index (χ3v) is 7.86. The van der Waals surface area contributed by atoms with Crippen molar-refractivity contribution < 1.29 is 13.2 Å².